The Labute approximate surface area is 184 Å². The van der Waals surface area contributed by atoms with Gasteiger partial charge in [-0.05, 0) is 36.2 Å². The Morgan fingerprint density at radius 3 is 2.39 bits per heavy atom. The Hall–Kier alpha value is -3.76. The maximum atomic E-state index is 15.2. The molecule has 2 N–H and O–H groups in total. The van der Waals surface area contributed by atoms with E-state index < -0.39 is 59.3 Å². The molecule has 2 aliphatic rings. The van der Waals surface area contributed by atoms with E-state index in [1.54, 1.807) is 0 Å². The minimum absolute atomic E-state index is 0.0189. The number of nitrogens with zero attached hydrogens (tertiary/aromatic N) is 1. The predicted octanol–water partition coefficient (Wildman–Crippen LogP) is 2.46. The van der Waals surface area contributed by atoms with Gasteiger partial charge < -0.3 is 10.2 Å². The lowest BCUT2D eigenvalue weighted by atomic mass is 10.0. The molecule has 4 amide bonds. The van der Waals surface area contributed by atoms with Gasteiger partial charge >= 0.3 is 0 Å². The van der Waals surface area contributed by atoms with E-state index in [1.807, 2.05) is 5.32 Å². The molecule has 2 heterocycles. The summed E-state index contributed by atoms with van der Waals surface area (Å²) in [5.41, 5.74) is -0.828. The second-order valence-electron chi connectivity index (χ2n) is 7.69. The van der Waals surface area contributed by atoms with Gasteiger partial charge in [-0.25, -0.2) is 17.6 Å². The zero-order chi connectivity index (χ0) is 23.9. The summed E-state index contributed by atoms with van der Waals surface area (Å²) < 4.78 is 55.4. The van der Waals surface area contributed by atoms with E-state index in [2.05, 4.69) is 5.32 Å². The number of carbonyl (C=O) groups is 4. The van der Waals surface area contributed by atoms with Crippen LogP contribution in [0.1, 0.15) is 50.7 Å². The van der Waals surface area contributed by atoms with Crippen LogP contribution >= 0.6 is 0 Å². The van der Waals surface area contributed by atoms with E-state index in [0.29, 0.717) is 0 Å². The third-order valence-corrected chi connectivity index (χ3v) is 5.66. The van der Waals surface area contributed by atoms with E-state index >= 15 is 4.39 Å². The molecule has 0 bridgehead atoms. The summed E-state index contributed by atoms with van der Waals surface area (Å²) in [4.78, 5) is 49.9. The number of piperidine rings is 1. The van der Waals surface area contributed by atoms with Crippen molar-refractivity contribution in [3.05, 3.63) is 70.3 Å². The third-order valence-electron chi connectivity index (χ3n) is 5.66. The average Bonchev–Trinajstić information content (AvgIpc) is 3.10. The quantitative estimate of drug-likeness (QED) is 0.526. The Balaban J connectivity index is 1.57. The zero-order valence-corrected chi connectivity index (χ0v) is 16.9. The molecule has 0 aliphatic carbocycles. The van der Waals surface area contributed by atoms with E-state index in [-0.39, 0.29) is 36.1 Å². The van der Waals surface area contributed by atoms with Gasteiger partial charge in [-0.3, -0.25) is 24.5 Å². The minimum Gasteiger partial charge on any atom is -0.339 e. The molecule has 33 heavy (non-hydrogen) atoms. The Kier molecular flexibility index (Phi) is 5.88. The highest BCUT2D eigenvalue weighted by Gasteiger charge is 2.41. The molecule has 2 aliphatic heterocycles. The number of fused-ring (bicyclic) bond motifs is 1. The zero-order valence-electron chi connectivity index (χ0n) is 16.9. The summed E-state index contributed by atoms with van der Waals surface area (Å²) in [6.07, 6.45) is -2.96. The van der Waals surface area contributed by atoms with Crippen LogP contribution in [0.3, 0.4) is 0 Å². The van der Waals surface area contributed by atoms with Crippen molar-refractivity contribution in [2.75, 3.05) is 0 Å². The fourth-order valence-electron chi connectivity index (χ4n) is 3.96. The van der Waals surface area contributed by atoms with Crippen LogP contribution in [0.2, 0.25) is 0 Å². The molecule has 1 fully saturated rings. The van der Waals surface area contributed by atoms with Crippen LogP contribution in [0.5, 0.6) is 0 Å². The van der Waals surface area contributed by atoms with Gasteiger partial charge in [0.25, 0.3) is 18.2 Å². The molecule has 2 atom stereocenters. The van der Waals surface area contributed by atoms with Crippen molar-refractivity contribution < 1.29 is 36.7 Å². The lowest BCUT2D eigenvalue weighted by molar-refractivity contribution is -0.136. The van der Waals surface area contributed by atoms with Crippen LogP contribution < -0.4 is 10.6 Å². The van der Waals surface area contributed by atoms with Crippen molar-refractivity contribution in [3.63, 3.8) is 0 Å². The number of rotatable bonds is 5. The molecule has 7 nitrogen and oxygen atoms in total. The topological polar surface area (TPSA) is 95.6 Å². The van der Waals surface area contributed by atoms with Gasteiger partial charge in [0.2, 0.25) is 11.8 Å². The van der Waals surface area contributed by atoms with Crippen LogP contribution in [0, 0.1) is 11.6 Å². The van der Waals surface area contributed by atoms with E-state index in [1.165, 1.54) is 6.07 Å². The second kappa shape index (κ2) is 8.64. The van der Waals surface area contributed by atoms with Gasteiger partial charge in [0.15, 0.2) is 0 Å². The standard InChI is InChI=1S/C22H17F4N3O4/c23-11-3-1-10(2-4-11)18(19(25)26)28-20(31)13-6-5-12-14(17(13)24)9-29(22(12)33)15-7-8-16(30)27-21(15)32/h1-6,15,18-19H,7-9H2,(H,28,31)(H,27,30,32)/t15?,18-/m1/s1. The fourth-order valence-corrected chi connectivity index (χ4v) is 3.96. The van der Waals surface area contributed by atoms with Crippen LogP contribution in [-0.2, 0) is 16.1 Å². The summed E-state index contributed by atoms with van der Waals surface area (Å²) in [5, 5.41) is 4.17. The summed E-state index contributed by atoms with van der Waals surface area (Å²) in [6.45, 7) is -0.316. The van der Waals surface area contributed by atoms with Crippen molar-refractivity contribution >= 4 is 23.6 Å². The van der Waals surface area contributed by atoms with Crippen molar-refractivity contribution in [2.45, 2.75) is 37.9 Å². The van der Waals surface area contributed by atoms with Gasteiger partial charge in [-0.2, -0.15) is 0 Å². The number of hydrogen-bond donors (Lipinski definition) is 2. The molecule has 4 rings (SSSR count). The molecule has 11 heteroatoms. The van der Waals surface area contributed by atoms with E-state index in [4.69, 9.17) is 0 Å². The van der Waals surface area contributed by atoms with Crippen LogP contribution in [0.15, 0.2) is 36.4 Å². The number of hydrogen-bond acceptors (Lipinski definition) is 4. The Morgan fingerprint density at radius 1 is 1.06 bits per heavy atom. The largest absolute Gasteiger partial charge is 0.339 e. The number of amides is 4. The highest BCUT2D eigenvalue weighted by atomic mass is 19.3. The molecule has 0 saturated carbocycles. The van der Waals surface area contributed by atoms with Gasteiger partial charge in [-0.1, -0.05) is 12.1 Å². The minimum atomic E-state index is -3.05. The van der Waals surface area contributed by atoms with Crippen molar-refractivity contribution in [2.24, 2.45) is 0 Å². The van der Waals surface area contributed by atoms with Gasteiger partial charge in [0, 0.05) is 17.5 Å². The second-order valence-corrected chi connectivity index (χ2v) is 7.69. The molecular formula is C22H17F4N3O4. The van der Waals surface area contributed by atoms with Crippen molar-refractivity contribution in [3.8, 4) is 0 Å². The van der Waals surface area contributed by atoms with Crippen LogP contribution in [0.4, 0.5) is 17.6 Å². The lowest BCUT2D eigenvalue weighted by Crippen LogP contribution is -2.52. The van der Waals surface area contributed by atoms with Crippen molar-refractivity contribution in [1.29, 1.82) is 0 Å². The summed E-state index contributed by atoms with van der Waals surface area (Å²) >= 11 is 0. The number of benzene rings is 2. The molecular weight excluding hydrogens is 446 g/mol. The van der Waals surface area contributed by atoms with Gasteiger partial charge in [0.05, 0.1) is 12.1 Å². The maximum absolute atomic E-state index is 15.2. The summed E-state index contributed by atoms with van der Waals surface area (Å²) in [5.74, 6) is -4.64. The number of imide groups is 1. The lowest BCUT2D eigenvalue weighted by Gasteiger charge is -2.29. The first kappa shape index (κ1) is 22.4. The number of alkyl halides is 2. The molecule has 2 aromatic carbocycles. The van der Waals surface area contributed by atoms with Gasteiger partial charge in [-0.15, -0.1) is 0 Å². The normalized spacial score (nSPS) is 18.9. The third kappa shape index (κ3) is 4.18. The predicted molar refractivity (Wildman–Crippen MR) is 105 cm³/mol. The summed E-state index contributed by atoms with van der Waals surface area (Å²) in [6, 6.07) is 3.50. The summed E-state index contributed by atoms with van der Waals surface area (Å²) in [7, 11) is 0. The molecule has 0 spiro atoms. The molecule has 1 unspecified atom stereocenters. The average molecular weight is 463 g/mol. The maximum Gasteiger partial charge on any atom is 0.262 e. The molecule has 2 aromatic rings. The first-order chi connectivity index (χ1) is 15.7. The SMILES string of the molecule is O=C1CCC(N2Cc3c(ccc(C(=O)N[C@H](c4ccc(F)cc4)C(F)F)c3F)C2=O)C(=O)N1. The van der Waals surface area contributed by atoms with Crippen LogP contribution in [-0.4, -0.2) is 41.0 Å². The Morgan fingerprint density at radius 2 is 1.76 bits per heavy atom. The monoisotopic (exact) mass is 463 g/mol. The van der Waals surface area contributed by atoms with Gasteiger partial charge in [0.1, 0.15) is 23.7 Å². The van der Waals surface area contributed by atoms with E-state index in [9.17, 15) is 32.3 Å². The number of nitrogens with one attached hydrogen (secondary N) is 2. The first-order valence-electron chi connectivity index (χ1n) is 9.98. The fraction of sp³-hybridized carbons (Fsp3) is 0.273. The molecule has 0 radical (unpaired) electrons. The highest BCUT2D eigenvalue weighted by molar-refractivity contribution is 6.06. The first-order valence-corrected chi connectivity index (χ1v) is 9.98. The van der Waals surface area contributed by atoms with E-state index in [0.717, 1.165) is 35.2 Å². The molecule has 172 valence electrons. The number of halogens is 4. The van der Waals surface area contributed by atoms with Crippen LogP contribution in [0.25, 0.3) is 0 Å². The molecule has 0 aromatic heterocycles. The molecule has 1 saturated heterocycles. The highest BCUT2D eigenvalue weighted by Crippen LogP contribution is 2.31. The van der Waals surface area contributed by atoms with Crippen molar-refractivity contribution in [1.82, 2.24) is 15.5 Å². The number of carbonyl (C=O) groups excluding carboxylic acids is 4. The Bertz CT molecular complexity index is 1150. The smallest absolute Gasteiger partial charge is 0.262 e.